The molecule has 21 heavy (non-hydrogen) atoms. The van der Waals surface area contributed by atoms with Crippen LogP contribution < -0.4 is 5.73 Å². The van der Waals surface area contributed by atoms with Crippen LogP contribution in [0.4, 0.5) is 0 Å². The van der Waals surface area contributed by atoms with E-state index >= 15 is 0 Å². The van der Waals surface area contributed by atoms with E-state index in [1.54, 1.807) is 0 Å². The lowest BCUT2D eigenvalue weighted by atomic mass is 9.80. The van der Waals surface area contributed by atoms with E-state index in [-0.39, 0.29) is 11.5 Å². The zero-order valence-electron chi connectivity index (χ0n) is 12.3. The Kier molecular flexibility index (Phi) is 4.67. The fourth-order valence-electron chi connectivity index (χ4n) is 3.47. The lowest BCUT2D eigenvalue weighted by molar-refractivity contribution is -0.0734. The van der Waals surface area contributed by atoms with E-state index < -0.39 is 0 Å². The first-order chi connectivity index (χ1) is 10.2. The third kappa shape index (κ3) is 3.17. The second-order valence-corrected chi connectivity index (χ2v) is 7.19. The van der Waals surface area contributed by atoms with Crippen molar-refractivity contribution >= 4 is 17.5 Å². The van der Waals surface area contributed by atoms with Gasteiger partial charge in [-0.2, -0.15) is 11.8 Å². The first-order valence-corrected chi connectivity index (χ1v) is 8.93. The van der Waals surface area contributed by atoms with Gasteiger partial charge in [-0.15, -0.1) is 0 Å². The topological polar surface area (TPSA) is 52.3 Å². The van der Waals surface area contributed by atoms with Crippen molar-refractivity contribution in [1.82, 2.24) is 0 Å². The van der Waals surface area contributed by atoms with Gasteiger partial charge in [0.05, 0.1) is 5.60 Å². The Morgan fingerprint density at radius 1 is 1.43 bits per heavy atom. The molecule has 2 aliphatic rings. The lowest BCUT2D eigenvalue weighted by Crippen LogP contribution is -2.42. The van der Waals surface area contributed by atoms with E-state index in [4.69, 9.17) is 10.5 Å². The summed E-state index contributed by atoms with van der Waals surface area (Å²) in [6, 6.07) is 7.92. The normalized spacial score (nSPS) is 28.9. The minimum absolute atomic E-state index is 0.0357. The molecule has 2 atom stereocenters. The van der Waals surface area contributed by atoms with Gasteiger partial charge in [0.2, 0.25) is 0 Å². The van der Waals surface area contributed by atoms with Crippen molar-refractivity contribution in [1.29, 1.82) is 0 Å². The molecule has 0 saturated carbocycles. The van der Waals surface area contributed by atoms with Crippen LogP contribution in [0.15, 0.2) is 24.3 Å². The molecular weight excluding hydrogens is 282 g/mol. The second-order valence-electron chi connectivity index (χ2n) is 6.08. The van der Waals surface area contributed by atoms with Gasteiger partial charge in [-0.05, 0) is 43.5 Å². The van der Waals surface area contributed by atoms with Crippen molar-refractivity contribution in [2.45, 2.75) is 31.3 Å². The Labute approximate surface area is 130 Å². The smallest absolute Gasteiger partial charge is 0.166 e. The molecule has 3 nitrogen and oxygen atoms in total. The monoisotopic (exact) mass is 305 g/mol. The molecule has 2 saturated heterocycles. The summed E-state index contributed by atoms with van der Waals surface area (Å²) in [5.74, 6) is 2.60. The predicted molar refractivity (Wildman–Crippen MR) is 86.9 cm³/mol. The van der Waals surface area contributed by atoms with Crippen molar-refractivity contribution in [3.63, 3.8) is 0 Å². The number of Topliss-reactive ketones (excluding diaryl/α,β-unsaturated/α-hetero) is 1. The maximum Gasteiger partial charge on any atom is 0.166 e. The molecule has 2 aliphatic heterocycles. The molecule has 0 aliphatic carbocycles. The molecule has 1 aromatic rings. The summed E-state index contributed by atoms with van der Waals surface area (Å²) in [6.07, 6.45) is 3.59. The van der Waals surface area contributed by atoms with Crippen LogP contribution >= 0.6 is 11.8 Å². The highest BCUT2D eigenvalue weighted by atomic mass is 32.2. The Hall–Kier alpha value is -0.840. The number of hydrogen-bond donors (Lipinski definition) is 1. The first-order valence-electron chi connectivity index (χ1n) is 7.78. The van der Waals surface area contributed by atoms with Gasteiger partial charge in [0.1, 0.15) is 0 Å². The van der Waals surface area contributed by atoms with E-state index in [0.29, 0.717) is 12.3 Å². The number of carbonyl (C=O) groups excluding carboxylic acids is 1. The highest BCUT2D eigenvalue weighted by molar-refractivity contribution is 7.99. The average molecular weight is 305 g/mol. The fraction of sp³-hybridized carbons (Fsp3) is 0.588. The van der Waals surface area contributed by atoms with Crippen LogP contribution in [0.1, 0.15) is 35.2 Å². The third-order valence-corrected chi connectivity index (χ3v) is 5.85. The van der Waals surface area contributed by atoms with Crippen LogP contribution in [0.2, 0.25) is 0 Å². The summed E-state index contributed by atoms with van der Waals surface area (Å²) in [7, 11) is 0. The summed E-state index contributed by atoms with van der Waals surface area (Å²) in [5, 5.41) is 0. The van der Waals surface area contributed by atoms with Gasteiger partial charge >= 0.3 is 0 Å². The van der Waals surface area contributed by atoms with Gasteiger partial charge in [0.25, 0.3) is 0 Å². The van der Waals surface area contributed by atoms with E-state index in [0.717, 1.165) is 54.9 Å². The zero-order chi connectivity index (χ0) is 14.7. The van der Waals surface area contributed by atoms with Crippen molar-refractivity contribution in [3.05, 3.63) is 35.4 Å². The Bertz CT molecular complexity index is 511. The molecule has 0 radical (unpaired) electrons. The zero-order valence-corrected chi connectivity index (χ0v) is 13.2. The molecule has 114 valence electrons. The summed E-state index contributed by atoms with van der Waals surface area (Å²) >= 11 is 1.95. The summed E-state index contributed by atoms with van der Waals surface area (Å²) < 4.78 is 6.03. The summed E-state index contributed by atoms with van der Waals surface area (Å²) in [4.78, 5) is 12.9. The molecule has 2 heterocycles. The van der Waals surface area contributed by atoms with E-state index in [2.05, 4.69) is 0 Å². The molecule has 0 aromatic heterocycles. The SMILES string of the molecule is NCCc1ccccc1C(=O)C1CCOC2(CCSC2)C1. The number of nitrogens with two attached hydrogens (primary N) is 1. The maximum absolute atomic E-state index is 12.9. The molecule has 2 unspecified atom stereocenters. The summed E-state index contributed by atoms with van der Waals surface area (Å²) in [5.41, 5.74) is 7.59. The number of thioether (sulfide) groups is 1. The molecule has 2 N–H and O–H groups in total. The van der Waals surface area contributed by atoms with Gasteiger partial charge in [-0.3, -0.25) is 4.79 Å². The lowest BCUT2D eigenvalue weighted by Gasteiger charge is -2.37. The van der Waals surface area contributed by atoms with Gasteiger partial charge in [0.15, 0.2) is 5.78 Å². The highest BCUT2D eigenvalue weighted by Crippen LogP contribution is 2.41. The number of hydrogen-bond acceptors (Lipinski definition) is 4. The molecule has 0 bridgehead atoms. The van der Waals surface area contributed by atoms with Crippen molar-refractivity contribution in [2.24, 2.45) is 11.7 Å². The molecule has 1 spiro atoms. The van der Waals surface area contributed by atoms with Crippen LogP contribution in [0.3, 0.4) is 0 Å². The van der Waals surface area contributed by atoms with Crippen molar-refractivity contribution in [3.8, 4) is 0 Å². The minimum atomic E-state index is -0.0357. The quantitative estimate of drug-likeness (QED) is 0.869. The van der Waals surface area contributed by atoms with Crippen LogP contribution in [0, 0.1) is 5.92 Å². The Morgan fingerprint density at radius 2 is 2.29 bits per heavy atom. The number of carbonyl (C=O) groups is 1. The van der Waals surface area contributed by atoms with Crippen molar-refractivity contribution < 1.29 is 9.53 Å². The number of rotatable bonds is 4. The third-order valence-electron chi connectivity index (χ3n) is 4.63. The maximum atomic E-state index is 12.9. The number of ether oxygens (including phenoxy) is 1. The largest absolute Gasteiger partial charge is 0.374 e. The number of benzene rings is 1. The van der Waals surface area contributed by atoms with Crippen LogP contribution in [-0.2, 0) is 11.2 Å². The molecule has 1 aromatic carbocycles. The number of ketones is 1. The molecule has 3 rings (SSSR count). The molecule has 4 heteroatoms. The molecule has 2 fully saturated rings. The van der Waals surface area contributed by atoms with Crippen LogP contribution in [0.25, 0.3) is 0 Å². The second kappa shape index (κ2) is 6.51. The Balaban J connectivity index is 1.78. The molecule has 0 amide bonds. The van der Waals surface area contributed by atoms with Crippen LogP contribution in [-0.4, -0.2) is 36.0 Å². The molecular formula is C17H23NO2S. The van der Waals surface area contributed by atoms with E-state index in [1.807, 2.05) is 36.0 Å². The van der Waals surface area contributed by atoms with Gasteiger partial charge < -0.3 is 10.5 Å². The van der Waals surface area contributed by atoms with Gasteiger partial charge in [-0.25, -0.2) is 0 Å². The van der Waals surface area contributed by atoms with Crippen LogP contribution in [0.5, 0.6) is 0 Å². The van der Waals surface area contributed by atoms with E-state index in [1.165, 1.54) is 0 Å². The van der Waals surface area contributed by atoms with Gasteiger partial charge in [0, 0.05) is 23.8 Å². The van der Waals surface area contributed by atoms with E-state index in [9.17, 15) is 4.79 Å². The fourth-order valence-corrected chi connectivity index (χ4v) is 4.85. The Morgan fingerprint density at radius 3 is 3.05 bits per heavy atom. The highest BCUT2D eigenvalue weighted by Gasteiger charge is 2.42. The summed E-state index contributed by atoms with van der Waals surface area (Å²) in [6.45, 7) is 1.30. The first kappa shape index (κ1) is 15.1. The predicted octanol–water partition coefficient (Wildman–Crippen LogP) is 2.67. The standard InChI is InChI=1S/C17H23NO2S/c18-8-5-13-3-1-2-4-15(13)16(19)14-6-9-20-17(11-14)7-10-21-12-17/h1-4,14H,5-12,18H2. The van der Waals surface area contributed by atoms with Crippen molar-refractivity contribution in [2.75, 3.05) is 24.7 Å². The average Bonchev–Trinajstić information content (AvgIpc) is 2.95. The van der Waals surface area contributed by atoms with Gasteiger partial charge in [-0.1, -0.05) is 24.3 Å². The minimum Gasteiger partial charge on any atom is -0.374 e.